The minimum atomic E-state index is -0.590. The van der Waals surface area contributed by atoms with Gasteiger partial charge in [0.15, 0.2) is 11.6 Å². The third kappa shape index (κ3) is 5.11. The van der Waals surface area contributed by atoms with Crippen LogP contribution in [-0.2, 0) is 25.5 Å². The number of ether oxygens (including phenoxy) is 2. The summed E-state index contributed by atoms with van der Waals surface area (Å²) >= 11 is 1.29. The molecule has 2 atom stereocenters. The van der Waals surface area contributed by atoms with Crippen LogP contribution in [0.25, 0.3) is 11.0 Å². The topological polar surface area (TPSA) is 99.9 Å². The molecular weight excluding hydrogens is 408 g/mol. The minimum Gasteiger partial charge on any atom is -0.497 e. The fraction of sp³-hybridized carbons (Fsp3) is 0.455. The third-order valence-corrected chi connectivity index (χ3v) is 6.20. The largest absolute Gasteiger partial charge is 0.497 e. The monoisotopic (exact) mass is 432 g/mol. The molecule has 3 rings (SSSR count). The molecule has 0 aliphatic heterocycles. The molecule has 2 aromatic rings. The van der Waals surface area contributed by atoms with Gasteiger partial charge >= 0.3 is 11.6 Å². The van der Waals surface area contributed by atoms with Crippen LogP contribution in [0.15, 0.2) is 33.5 Å². The van der Waals surface area contributed by atoms with Crippen molar-refractivity contribution >= 4 is 40.3 Å². The van der Waals surface area contributed by atoms with Gasteiger partial charge in [0.05, 0.1) is 20.1 Å². The maximum atomic E-state index is 12.3. The van der Waals surface area contributed by atoms with E-state index in [4.69, 9.17) is 13.9 Å². The van der Waals surface area contributed by atoms with E-state index in [0.717, 1.165) is 0 Å². The molecule has 1 aromatic carbocycles. The lowest BCUT2D eigenvalue weighted by atomic mass is 9.84. The second kappa shape index (κ2) is 9.93. The summed E-state index contributed by atoms with van der Waals surface area (Å²) in [4.78, 5) is 48.3. The molecule has 0 spiro atoms. The van der Waals surface area contributed by atoms with E-state index >= 15 is 0 Å². The van der Waals surface area contributed by atoms with Crippen LogP contribution < -0.4 is 10.4 Å². The molecule has 0 amide bonds. The first-order chi connectivity index (χ1) is 14.4. The minimum absolute atomic E-state index is 0.00263. The van der Waals surface area contributed by atoms with Crippen LogP contribution in [0.1, 0.15) is 31.2 Å². The summed E-state index contributed by atoms with van der Waals surface area (Å²) in [5.41, 5.74) is 0.0189. The van der Waals surface area contributed by atoms with E-state index in [1.54, 1.807) is 30.5 Å². The molecule has 7 nitrogen and oxygen atoms in total. The summed E-state index contributed by atoms with van der Waals surface area (Å²) in [5.74, 6) is -0.133. The second-order valence-electron chi connectivity index (χ2n) is 7.22. The highest BCUT2D eigenvalue weighted by atomic mass is 32.2. The molecule has 1 aliphatic carbocycles. The molecule has 2 unspecified atom stereocenters. The smallest absolute Gasteiger partial charge is 0.340 e. The van der Waals surface area contributed by atoms with Gasteiger partial charge in [-0.3, -0.25) is 14.4 Å². The summed E-state index contributed by atoms with van der Waals surface area (Å²) in [5, 5.41) is 0.130. The van der Waals surface area contributed by atoms with Crippen LogP contribution >= 0.6 is 11.8 Å². The molecule has 1 fully saturated rings. The van der Waals surface area contributed by atoms with E-state index < -0.39 is 16.8 Å². The average molecular weight is 432 g/mol. The van der Waals surface area contributed by atoms with Gasteiger partial charge in [0, 0.05) is 29.4 Å². The number of carbonyl (C=O) groups excluding carboxylic acids is 3. The first-order valence-electron chi connectivity index (χ1n) is 9.78. The predicted octanol–water partition coefficient (Wildman–Crippen LogP) is 2.95. The van der Waals surface area contributed by atoms with Crippen molar-refractivity contribution in [3.8, 4) is 5.75 Å². The van der Waals surface area contributed by atoms with E-state index in [9.17, 15) is 19.2 Å². The van der Waals surface area contributed by atoms with Crippen molar-refractivity contribution in [2.45, 2.75) is 37.4 Å². The summed E-state index contributed by atoms with van der Waals surface area (Å²) in [7, 11) is 1.52. The van der Waals surface area contributed by atoms with Crippen LogP contribution in [0.3, 0.4) is 0 Å². The molecule has 0 bridgehead atoms. The predicted molar refractivity (Wildman–Crippen MR) is 113 cm³/mol. The van der Waals surface area contributed by atoms with Crippen molar-refractivity contribution in [3.05, 3.63) is 40.2 Å². The Labute approximate surface area is 178 Å². The highest BCUT2D eigenvalue weighted by Gasteiger charge is 2.35. The first-order valence-corrected chi connectivity index (χ1v) is 11.1. The molecule has 8 heteroatoms. The van der Waals surface area contributed by atoms with E-state index in [1.807, 2.05) is 0 Å². The van der Waals surface area contributed by atoms with Gasteiger partial charge in [-0.2, -0.15) is 0 Å². The summed E-state index contributed by atoms with van der Waals surface area (Å²) in [6.07, 6.45) is 3.68. The summed E-state index contributed by atoms with van der Waals surface area (Å²) in [6, 6.07) is 6.72. The van der Waals surface area contributed by atoms with Gasteiger partial charge in [-0.1, -0.05) is 0 Å². The maximum absolute atomic E-state index is 12.3. The Morgan fingerprint density at radius 2 is 2.03 bits per heavy atom. The summed E-state index contributed by atoms with van der Waals surface area (Å²) in [6.45, 7) is 0.163. The third-order valence-electron chi connectivity index (χ3n) is 5.24. The SMILES string of the molecule is COc1ccc2cc(CC(=O)OCCCC3CCC(=O)C(SC)C3=O)c(=O)oc2c1. The van der Waals surface area contributed by atoms with Crippen LogP contribution in [0.4, 0.5) is 0 Å². The molecule has 0 N–H and O–H groups in total. The zero-order valence-electron chi connectivity index (χ0n) is 17.0. The van der Waals surface area contributed by atoms with Crippen LogP contribution in [0.2, 0.25) is 0 Å². The Balaban J connectivity index is 1.50. The van der Waals surface area contributed by atoms with Crippen molar-refractivity contribution in [2.24, 2.45) is 5.92 Å². The Hall–Kier alpha value is -2.61. The average Bonchev–Trinajstić information content (AvgIpc) is 2.73. The van der Waals surface area contributed by atoms with Crippen molar-refractivity contribution in [3.63, 3.8) is 0 Å². The van der Waals surface area contributed by atoms with Gasteiger partial charge in [-0.15, -0.1) is 11.8 Å². The highest BCUT2D eigenvalue weighted by molar-refractivity contribution is 8.00. The number of benzene rings is 1. The normalized spacial score (nSPS) is 19.1. The van der Waals surface area contributed by atoms with E-state index in [1.165, 1.54) is 18.9 Å². The lowest BCUT2D eigenvalue weighted by molar-refractivity contribution is -0.143. The molecule has 0 saturated heterocycles. The quantitative estimate of drug-likeness (QED) is 0.272. The van der Waals surface area contributed by atoms with Gasteiger partial charge in [-0.05, 0) is 43.7 Å². The van der Waals surface area contributed by atoms with Crippen molar-refractivity contribution in [1.82, 2.24) is 0 Å². The van der Waals surface area contributed by atoms with Gasteiger partial charge in [-0.25, -0.2) is 4.79 Å². The van der Waals surface area contributed by atoms with Gasteiger partial charge in [0.2, 0.25) is 0 Å². The van der Waals surface area contributed by atoms with Crippen LogP contribution in [-0.4, -0.2) is 42.8 Å². The highest BCUT2D eigenvalue weighted by Crippen LogP contribution is 2.28. The number of Topliss-reactive ketones (excluding diaryl/α,β-unsaturated/α-hetero) is 2. The number of fused-ring (bicyclic) bond motifs is 1. The number of esters is 1. The lowest BCUT2D eigenvalue weighted by Crippen LogP contribution is -2.37. The van der Waals surface area contributed by atoms with Crippen molar-refractivity contribution in [1.29, 1.82) is 0 Å². The van der Waals surface area contributed by atoms with Crippen molar-refractivity contribution in [2.75, 3.05) is 20.0 Å². The summed E-state index contributed by atoms with van der Waals surface area (Å²) < 4.78 is 15.6. The zero-order chi connectivity index (χ0) is 21.7. The molecule has 1 aliphatic rings. The molecule has 1 saturated carbocycles. The Morgan fingerprint density at radius 1 is 1.23 bits per heavy atom. The Kier molecular flexibility index (Phi) is 7.31. The number of hydrogen-bond donors (Lipinski definition) is 0. The molecule has 160 valence electrons. The first kappa shape index (κ1) is 22.1. The number of methoxy groups -OCH3 is 1. The Morgan fingerprint density at radius 3 is 2.77 bits per heavy atom. The number of hydrogen-bond acceptors (Lipinski definition) is 8. The van der Waals surface area contributed by atoms with Gasteiger partial charge < -0.3 is 13.9 Å². The van der Waals surface area contributed by atoms with Crippen molar-refractivity contribution < 1.29 is 28.3 Å². The van der Waals surface area contributed by atoms with Crippen LogP contribution in [0.5, 0.6) is 5.75 Å². The number of ketones is 2. The number of rotatable bonds is 8. The zero-order valence-corrected chi connectivity index (χ0v) is 17.8. The molecule has 0 radical (unpaired) electrons. The fourth-order valence-corrected chi connectivity index (χ4v) is 4.41. The van der Waals surface area contributed by atoms with Gasteiger partial charge in [0.25, 0.3) is 0 Å². The lowest BCUT2D eigenvalue weighted by Gasteiger charge is -2.25. The van der Waals surface area contributed by atoms with Gasteiger partial charge in [0.1, 0.15) is 16.6 Å². The van der Waals surface area contributed by atoms with E-state index in [0.29, 0.717) is 42.4 Å². The number of thioether (sulfide) groups is 1. The van der Waals surface area contributed by atoms with E-state index in [-0.39, 0.29) is 36.1 Å². The second-order valence-corrected chi connectivity index (χ2v) is 8.17. The van der Waals surface area contributed by atoms with E-state index in [2.05, 4.69) is 0 Å². The number of carbonyl (C=O) groups is 3. The standard InChI is InChI=1S/C22H24O7S/c1-27-16-7-5-14-10-15(22(26)29-18(14)12-16)11-19(24)28-9-3-4-13-6-8-17(23)21(30-2)20(13)25/h5,7,10,12-13,21H,3-4,6,8-9,11H2,1-2H3. The molecular formula is C22H24O7S. The molecule has 1 aromatic heterocycles. The molecule has 30 heavy (non-hydrogen) atoms. The fourth-order valence-electron chi connectivity index (χ4n) is 3.60. The van der Waals surface area contributed by atoms with Crippen LogP contribution in [0, 0.1) is 5.92 Å². The molecule has 1 heterocycles. The Bertz CT molecular complexity index is 1010. The maximum Gasteiger partial charge on any atom is 0.340 e.